The highest BCUT2D eigenvalue weighted by molar-refractivity contribution is 5.76. The predicted molar refractivity (Wildman–Crippen MR) is 112 cm³/mol. The van der Waals surface area contributed by atoms with Gasteiger partial charge in [0.2, 0.25) is 0 Å². The number of anilines is 2. The fraction of sp³-hybridized carbons (Fsp3) is 0.409. The van der Waals surface area contributed by atoms with Gasteiger partial charge in [-0.05, 0) is 48.2 Å². The number of nitrogens with zero attached hydrogens (tertiary/aromatic N) is 2. The number of hydrogen-bond acceptors (Lipinski definition) is 5. The highest BCUT2D eigenvalue weighted by Crippen LogP contribution is 2.30. The molecule has 0 aromatic heterocycles. The van der Waals surface area contributed by atoms with Gasteiger partial charge in [0.25, 0.3) is 0 Å². The summed E-state index contributed by atoms with van der Waals surface area (Å²) >= 11 is 0. The molecule has 0 spiro atoms. The summed E-state index contributed by atoms with van der Waals surface area (Å²) in [4.78, 5) is 20.3. The number of rotatable bonds is 10. The lowest BCUT2D eigenvalue weighted by Gasteiger charge is -2.21. The molecular formula is C22H30N2O4. The van der Waals surface area contributed by atoms with Crippen LogP contribution in [0, 0.1) is 0 Å². The summed E-state index contributed by atoms with van der Waals surface area (Å²) in [5.41, 5.74) is 3.91. The zero-order valence-electron chi connectivity index (χ0n) is 17.0. The SMILES string of the molecule is CN(C)c1ccc(C(CCC(C(=O)O)c2ccc(N(C)C)cc2)COO)cc1. The first kappa shape index (κ1) is 21.7. The molecule has 6 nitrogen and oxygen atoms in total. The van der Waals surface area contributed by atoms with E-state index < -0.39 is 11.9 Å². The quantitative estimate of drug-likeness (QED) is 0.474. The first-order valence-electron chi connectivity index (χ1n) is 9.37. The molecule has 0 aliphatic carbocycles. The van der Waals surface area contributed by atoms with Crippen LogP contribution < -0.4 is 9.80 Å². The van der Waals surface area contributed by atoms with Crippen LogP contribution in [-0.2, 0) is 9.68 Å². The average Bonchev–Trinajstić information content (AvgIpc) is 2.67. The molecule has 0 heterocycles. The van der Waals surface area contributed by atoms with E-state index in [2.05, 4.69) is 4.89 Å². The minimum Gasteiger partial charge on any atom is -0.481 e. The van der Waals surface area contributed by atoms with E-state index in [0.29, 0.717) is 12.8 Å². The molecule has 0 aliphatic heterocycles. The lowest BCUT2D eigenvalue weighted by Crippen LogP contribution is -2.15. The van der Waals surface area contributed by atoms with Crippen LogP contribution in [-0.4, -0.2) is 51.1 Å². The fourth-order valence-electron chi connectivity index (χ4n) is 3.29. The van der Waals surface area contributed by atoms with Crippen LogP contribution in [0.5, 0.6) is 0 Å². The topological polar surface area (TPSA) is 73.2 Å². The van der Waals surface area contributed by atoms with E-state index in [1.165, 1.54) is 0 Å². The van der Waals surface area contributed by atoms with Gasteiger partial charge in [0.15, 0.2) is 0 Å². The van der Waals surface area contributed by atoms with Crippen molar-refractivity contribution in [3.63, 3.8) is 0 Å². The van der Waals surface area contributed by atoms with Crippen molar-refractivity contribution in [3.8, 4) is 0 Å². The summed E-state index contributed by atoms with van der Waals surface area (Å²) in [5.74, 6) is -1.52. The van der Waals surface area contributed by atoms with Crippen molar-refractivity contribution in [2.24, 2.45) is 0 Å². The van der Waals surface area contributed by atoms with Crippen molar-refractivity contribution in [2.75, 3.05) is 44.6 Å². The largest absolute Gasteiger partial charge is 0.481 e. The number of hydrogen-bond donors (Lipinski definition) is 2. The Hall–Kier alpha value is -2.57. The standard InChI is InChI=1S/C22H30N2O4/c1-23(2)19-10-5-16(6-11-19)18(15-28-27)9-14-21(22(25)26)17-7-12-20(13-8-17)24(3)4/h5-8,10-13,18,21,27H,9,14-15H2,1-4H3,(H,25,26). The fourth-order valence-corrected chi connectivity index (χ4v) is 3.29. The third-order valence-electron chi connectivity index (χ3n) is 5.07. The molecule has 2 N–H and O–H groups in total. The Balaban J connectivity index is 2.13. The highest BCUT2D eigenvalue weighted by Gasteiger charge is 2.23. The predicted octanol–water partition coefficient (Wildman–Crippen LogP) is 4.04. The molecular weight excluding hydrogens is 356 g/mol. The van der Waals surface area contributed by atoms with Crippen LogP contribution >= 0.6 is 0 Å². The molecule has 2 aromatic rings. The van der Waals surface area contributed by atoms with E-state index in [9.17, 15) is 9.90 Å². The summed E-state index contributed by atoms with van der Waals surface area (Å²) in [7, 11) is 7.85. The number of carboxylic acid groups (broad SMARTS) is 1. The molecule has 6 heteroatoms. The Labute approximate surface area is 166 Å². The molecule has 28 heavy (non-hydrogen) atoms. The van der Waals surface area contributed by atoms with Gasteiger partial charge in [0.1, 0.15) is 0 Å². The average molecular weight is 386 g/mol. The number of carbonyl (C=O) groups is 1. The van der Waals surface area contributed by atoms with E-state index in [1.54, 1.807) is 0 Å². The van der Waals surface area contributed by atoms with Gasteiger partial charge in [0.05, 0.1) is 12.5 Å². The number of aliphatic carboxylic acids is 1. The molecule has 0 aliphatic rings. The summed E-state index contributed by atoms with van der Waals surface area (Å²) in [6.07, 6.45) is 1.05. The minimum atomic E-state index is -0.843. The lowest BCUT2D eigenvalue weighted by molar-refractivity contribution is -0.246. The van der Waals surface area contributed by atoms with Crippen LogP contribution in [0.25, 0.3) is 0 Å². The molecule has 0 saturated heterocycles. The van der Waals surface area contributed by atoms with E-state index in [0.717, 1.165) is 22.5 Å². The van der Waals surface area contributed by atoms with Gasteiger partial charge in [-0.15, -0.1) is 0 Å². The molecule has 0 radical (unpaired) electrons. The van der Waals surface area contributed by atoms with Gasteiger partial charge >= 0.3 is 5.97 Å². The molecule has 152 valence electrons. The summed E-state index contributed by atoms with van der Waals surface area (Å²) in [5, 5.41) is 18.7. The zero-order chi connectivity index (χ0) is 20.7. The van der Waals surface area contributed by atoms with Gasteiger partial charge in [0, 0.05) is 45.5 Å². The summed E-state index contributed by atoms with van der Waals surface area (Å²) in [6.45, 7) is 0.132. The Bertz CT molecular complexity index is 742. The van der Waals surface area contributed by atoms with Gasteiger partial charge < -0.3 is 14.9 Å². The normalized spacial score (nSPS) is 13.0. The zero-order valence-corrected chi connectivity index (χ0v) is 17.0. The molecule has 2 unspecified atom stereocenters. The van der Waals surface area contributed by atoms with Crippen molar-refractivity contribution >= 4 is 17.3 Å². The van der Waals surface area contributed by atoms with Crippen LogP contribution in [0.2, 0.25) is 0 Å². The molecule has 0 saturated carbocycles. The van der Waals surface area contributed by atoms with Crippen LogP contribution in [0.4, 0.5) is 11.4 Å². The third-order valence-corrected chi connectivity index (χ3v) is 5.07. The molecule has 0 bridgehead atoms. The third kappa shape index (κ3) is 5.71. The second-order valence-electron chi connectivity index (χ2n) is 7.43. The van der Waals surface area contributed by atoms with Crippen LogP contribution in [0.1, 0.15) is 35.8 Å². The number of carboxylic acids is 1. The minimum absolute atomic E-state index is 0.0795. The maximum Gasteiger partial charge on any atom is 0.310 e. The maximum absolute atomic E-state index is 11.8. The smallest absolute Gasteiger partial charge is 0.310 e. The molecule has 0 amide bonds. The second kappa shape index (κ2) is 10.1. The van der Waals surface area contributed by atoms with Crippen LogP contribution in [0.3, 0.4) is 0 Å². The van der Waals surface area contributed by atoms with Gasteiger partial charge in [-0.25, -0.2) is 4.89 Å². The van der Waals surface area contributed by atoms with E-state index >= 15 is 0 Å². The highest BCUT2D eigenvalue weighted by atomic mass is 17.1. The molecule has 2 atom stereocenters. The van der Waals surface area contributed by atoms with Crippen molar-refractivity contribution in [1.82, 2.24) is 0 Å². The molecule has 0 fully saturated rings. The van der Waals surface area contributed by atoms with E-state index in [-0.39, 0.29) is 12.5 Å². The van der Waals surface area contributed by atoms with Crippen molar-refractivity contribution in [1.29, 1.82) is 0 Å². The van der Waals surface area contributed by atoms with Gasteiger partial charge in [-0.1, -0.05) is 24.3 Å². The van der Waals surface area contributed by atoms with Crippen molar-refractivity contribution in [3.05, 3.63) is 59.7 Å². The lowest BCUT2D eigenvalue weighted by atomic mass is 9.87. The number of benzene rings is 2. The molecule has 2 aromatic carbocycles. The molecule has 2 rings (SSSR count). The van der Waals surface area contributed by atoms with Crippen molar-refractivity contribution in [2.45, 2.75) is 24.7 Å². The van der Waals surface area contributed by atoms with Gasteiger partial charge in [-0.2, -0.15) is 0 Å². The first-order chi connectivity index (χ1) is 13.3. The Morgan fingerprint density at radius 2 is 1.32 bits per heavy atom. The Morgan fingerprint density at radius 1 is 0.857 bits per heavy atom. The monoisotopic (exact) mass is 386 g/mol. The van der Waals surface area contributed by atoms with E-state index in [1.807, 2.05) is 86.5 Å². The Kier molecular flexibility index (Phi) is 7.84. The second-order valence-corrected chi connectivity index (χ2v) is 7.43. The summed E-state index contributed by atoms with van der Waals surface area (Å²) < 4.78 is 0. The summed E-state index contributed by atoms with van der Waals surface area (Å²) in [6, 6.07) is 15.6. The van der Waals surface area contributed by atoms with Crippen molar-refractivity contribution < 1.29 is 20.0 Å². The Morgan fingerprint density at radius 3 is 1.71 bits per heavy atom. The van der Waals surface area contributed by atoms with E-state index in [4.69, 9.17) is 5.26 Å². The van der Waals surface area contributed by atoms with Crippen LogP contribution in [0.15, 0.2) is 48.5 Å². The first-order valence-corrected chi connectivity index (χ1v) is 9.37. The van der Waals surface area contributed by atoms with Gasteiger partial charge in [-0.3, -0.25) is 10.1 Å². The maximum atomic E-state index is 11.8.